The lowest BCUT2D eigenvalue weighted by molar-refractivity contribution is 0.375. The fourth-order valence-electron chi connectivity index (χ4n) is 1.09. The zero-order valence-corrected chi connectivity index (χ0v) is 6.49. The maximum Gasteiger partial charge on any atom is 0.241 e. The summed E-state index contributed by atoms with van der Waals surface area (Å²) in [5.41, 5.74) is 0.716. The summed E-state index contributed by atoms with van der Waals surface area (Å²) in [6, 6.07) is 3.32. The van der Waals surface area contributed by atoms with Gasteiger partial charge in [0, 0.05) is 0 Å². The number of fused-ring (bicyclic) bond motifs is 1. The van der Waals surface area contributed by atoms with Crippen molar-refractivity contribution < 1.29 is 9.13 Å². The Kier molecular flexibility index (Phi) is 1.46. The van der Waals surface area contributed by atoms with Gasteiger partial charge < -0.3 is 4.74 Å². The lowest BCUT2D eigenvalue weighted by Gasteiger charge is -2.02. The van der Waals surface area contributed by atoms with E-state index in [1.54, 1.807) is 18.3 Å². The van der Waals surface area contributed by atoms with E-state index in [4.69, 9.17) is 4.74 Å². The van der Waals surface area contributed by atoms with Crippen LogP contribution in [0, 0.1) is 5.95 Å². The average molecular weight is 166 g/mol. The number of rotatable bonds is 1. The van der Waals surface area contributed by atoms with Crippen LogP contribution in [0.5, 0.6) is 5.75 Å². The molecule has 2 heterocycles. The standard InChI is InChI=1S/C8H7FN2O/c1-12-7-3-2-6-4-10-5-11(6)8(7)9/h2-5H,1H3. The molecule has 0 spiro atoms. The van der Waals surface area contributed by atoms with Crippen molar-refractivity contribution >= 4 is 5.52 Å². The number of pyridine rings is 1. The number of hydrogen-bond acceptors (Lipinski definition) is 2. The molecule has 0 unspecified atom stereocenters. The zero-order valence-electron chi connectivity index (χ0n) is 6.49. The van der Waals surface area contributed by atoms with E-state index >= 15 is 0 Å². The highest BCUT2D eigenvalue weighted by molar-refractivity contribution is 5.47. The lowest BCUT2D eigenvalue weighted by atomic mass is 10.4. The Morgan fingerprint density at radius 3 is 3.08 bits per heavy atom. The van der Waals surface area contributed by atoms with Gasteiger partial charge in [0.1, 0.15) is 6.33 Å². The first-order valence-electron chi connectivity index (χ1n) is 3.47. The minimum absolute atomic E-state index is 0.223. The number of halogens is 1. The van der Waals surface area contributed by atoms with Crippen LogP contribution in [0.25, 0.3) is 5.52 Å². The number of aromatic nitrogens is 2. The molecule has 12 heavy (non-hydrogen) atoms. The number of methoxy groups -OCH3 is 1. The molecule has 0 saturated carbocycles. The molecule has 4 heteroatoms. The molecule has 2 aromatic heterocycles. The summed E-state index contributed by atoms with van der Waals surface area (Å²) < 4.78 is 19.4. The van der Waals surface area contributed by atoms with Crippen molar-refractivity contribution in [2.45, 2.75) is 0 Å². The first-order chi connectivity index (χ1) is 5.83. The molecule has 0 N–H and O–H groups in total. The van der Waals surface area contributed by atoms with Crippen molar-refractivity contribution in [3.05, 3.63) is 30.6 Å². The highest BCUT2D eigenvalue weighted by Gasteiger charge is 2.05. The molecular weight excluding hydrogens is 159 g/mol. The summed E-state index contributed by atoms with van der Waals surface area (Å²) in [6.07, 6.45) is 3.00. The third-order valence-electron chi connectivity index (χ3n) is 1.71. The van der Waals surface area contributed by atoms with E-state index < -0.39 is 5.95 Å². The molecule has 0 bridgehead atoms. The molecule has 0 aliphatic carbocycles. The first kappa shape index (κ1) is 7.09. The van der Waals surface area contributed by atoms with Gasteiger partial charge in [0.15, 0.2) is 5.75 Å². The van der Waals surface area contributed by atoms with Crippen LogP contribution in [0.15, 0.2) is 24.7 Å². The van der Waals surface area contributed by atoms with E-state index in [9.17, 15) is 4.39 Å². The molecule has 0 aliphatic heterocycles. The van der Waals surface area contributed by atoms with Crippen molar-refractivity contribution in [1.29, 1.82) is 0 Å². The van der Waals surface area contributed by atoms with E-state index in [2.05, 4.69) is 4.98 Å². The average Bonchev–Trinajstić information content (AvgIpc) is 2.53. The number of nitrogens with zero attached hydrogens (tertiary/aromatic N) is 2. The monoisotopic (exact) mass is 166 g/mol. The highest BCUT2D eigenvalue weighted by atomic mass is 19.1. The largest absolute Gasteiger partial charge is 0.492 e. The Balaban J connectivity index is 2.78. The first-order valence-corrected chi connectivity index (χ1v) is 3.47. The Morgan fingerprint density at radius 1 is 1.50 bits per heavy atom. The van der Waals surface area contributed by atoms with Gasteiger partial charge in [-0.2, -0.15) is 4.39 Å². The van der Waals surface area contributed by atoms with Crippen LogP contribution < -0.4 is 4.74 Å². The molecule has 62 valence electrons. The topological polar surface area (TPSA) is 26.5 Å². The van der Waals surface area contributed by atoms with Gasteiger partial charge in [-0.05, 0) is 12.1 Å². The van der Waals surface area contributed by atoms with Crippen LogP contribution in [0.3, 0.4) is 0 Å². The summed E-state index contributed by atoms with van der Waals surface area (Å²) in [5.74, 6) is -0.201. The number of hydrogen-bond donors (Lipinski definition) is 0. The maximum atomic E-state index is 13.3. The van der Waals surface area contributed by atoms with Crippen molar-refractivity contribution in [2.24, 2.45) is 0 Å². The van der Waals surface area contributed by atoms with Crippen LogP contribution in [0.2, 0.25) is 0 Å². The molecule has 0 radical (unpaired) electrons. The molecule has 0 aromatic carbocycles. The smallest absolute Gasteiger partial charge is 0.241 e. The second-order valence-corrected chi connectivity index (χ2v) is 2.38. The van der Waals surface area contributed by atoms with Crippen molar-refractivity contribution in [3.8, 4) is 5.75 Å². The number of imidazole rings is 1. The molecule has 3 nitrogen and oxygen atoms in total. The SMILES string of the molecule is COc1ccc2cncn2c1F. The van der Waals surface area contributed by atoms with E-state index in [-0.39, 0.29) is 5.75 Å². The van der Waals surface area contributed by atoms with E-state index in [0.717, 1.165) is 0 Å². The summed E-state index contributed by atoms with van der Waals surface area (Å²) >= 11 is 0. The molecule has 2 aromatic rings. The molecule has 0 amide bonds. The predicted molar refractivity (Wildman–Crippen MR) is 41.7 cm³/mol. The summed E-state index contributed by atoms with van der Waals surface area (Å²) in [7, 11) is 1.43. The minimum Gasteiger partial charge on any atom is -0.492 e. The quantitative estimate of drug-likeness (QED) is 0.600. The lowest BCUT2D eigenvalue weighted by Crippen LogP contribution is -1.95. The third-order valence-corrected chi connectivity index (χ3v) is 1.71. The van der Waals surface area contributed by atoms with Gasteiger partial charge in [-0.1, -0.05) is 0 Å². The Morgan fingerprint density at radius 2 is 2.33 bits per heavy atom. The van der Waals surface area contributed by atoms with Crippen LogP contribution in [-0.4, -0.2) is 16.5 Å². The van der Waals surface area contributed by atoms with Crippen LogP contribution in [0.1, 0.15) is 0 Å². The third kappa shape index (κ3) is 0.845. The Labute approximate surface area is 68.4 Å². The van der Waals surface area contributed by atoms with Gasteiger partial charge in [0.05, 0.1) is 18.8 Å². The molecule has 0 fully saturated rings. The minimum atomic E-state index is -0.424. The Hall–Kier alpha value is -1.58. The van der Waals surface area contributed by atoms with Gasteiger partial charge in [-0.25, -0.2) is 4.98 Å². The van der Waals surface area contributed by atoms with Crippen LogP contribution >= 0.6 is 0 Å². The zero-order chi connectivity index (χ0) is 8.55. The van der Waals surface area contributed by atoms with Gasteiger partial charge in [-0.3, -0.25) is 4.40 Å². The van der Waals surface area contributed by atoms with Gasteiger partial charge in [-0.15, -0.1) is 0 Å². The molecular formula is C8H7FN2O. The molecule has 2 rings (SSSR count). The van der Waals surface area contributed by atoms with Gasteiger partial charge >= 0.3 is 0 Å². The fourth-order valence-corrected chi connectivity index (χ4v) is 1.09. The van der Waals surface area contributed by atoms with Crippen LogP contribution in [0.4, 0.5) is 4.39 Å². The summed E-state index contributed by atoms with van der Waals surface area (Å²) in [4.78, 5) is 3.80. The second-order valence-electron chi connectivity index (χ2n) is 2.38. The molecule has 0 atom stereocenters. The molecule has 0 aliphatic rings. The summed E-state index contributed by atoms with van der Waals surface area (Å²) in [6.45, 7) is 0. The summed E-state index contributed by atoms with van der Waals surface area (Å²) in [5, 5.41) is 0. The van der Waals surface area contributed by atoms with Crippen molar-refractivity contribution in [1.82, 2.24) is 9.38 Å². The second kappa shape index (κ2) is 2.48. The fraction of sp³-hybridized carbons (Fsp3) is 0.125. The Bertz CT molecular complexity index is 410. The van der Waals surface area contributed by atoms with Gasteiger partial charge in [0.25, 0.3) is 0 Å². The van der Waals surface area contributed by atoms with Gasteiger partial charge in [0.2, 0.25) is 5.95 Å². The van der Waals surface area contributed by atoms with Crippen molar-refractivity contribution in [2.75, 3.05) is 7.11 Å². The highest BCUT2D eigenvalue weighted by Crippen LogP contribution is 2.17. The van der Waals surface area contributed by atoms with E-state index in [1.165, 1.54) is 17.8 Å². The number of ether oxygens (including phenoxy) is 1. The van der Waals surface area contributed by atoms with Crippen LogP contribution in [-0.2, 0) is 0 Å². The molecule has 0 saturated heterocycles. The van der Waals surface area contributed by atoms with E-state index in [1.807, 2.05) is 0 Å². The van der Waals surface area contributed by atoms with E-state index in [0.29, 0.717) is 5.52 Å². The van der Waals surface area contributed by atoms with Crippen molar-refractivity contribution in [3.63, 3.8) is 0 Å². The maximum absolute atomic E-state index is 13.3. The normalized spacial score (nSPS) is 10.5. The predicted octanol–water partition coefficient (Wildman–Crippen LogP) is 1.48.